The van der Waals surface area contributed by atoms with Crippen LogP contribution in [0.5, 0.6) is 0 Å². The smallest absolute Gasteiger partial charge is 0.414 e. The van der Waals surface area contributed by atoms with Crippen LogP contribution in [0.3, 0.4) is 0 Å². The molecule has 1 aliphatic rings. The number of H-pyrrole nitrogens is 1. The van der Waals surface area contributed by atoms with Crippen molar-refractivity contribution in [1.82, 2.24) is 20.3 Å². The molecule has 8 nitrogen and oxygen atoms in total. The van der Waals surface area contributed by atoms with Gasteiger partial charge in [-0.3, -0.25) is 14.7 Å². The summed E-state index contributed by atoms with van der Waals surface area (Å²) in [5, 5.41) is 2.86. The van der Waals surface area contributed by atoms with E-state index in [2.05, 4.69) is 20.3 Å². The summed E-state index contributed by atoms with van der Waals surface area (Å²) in [5.74, 6) is -0.254. The zero-order chi connectivity index (χ0) is 17.2. The van der Waals surface area contributed by atoms with Crippen LogP contribution in [0.15, 0.2) is 43.0 Å². The number of cyclic esters (lactones) is 1. The van der Waals surface area contributed by atoms with Gasteiger partial charge >= 0.3 is 6.09 Å². The van der Waals surface area contributed by atoms with Crippen LogP contribution < -0.4 is 10.2 Å². The summed E-state index contributed by atoms with van der Waals surface area (Å²) in [5.41, 5.74) is 3.35. The van der Waals surface area contributed by atoms with E-state index in [4.69, 9.17) is 4.74 Å². The fraction of sp³-hybridized carbons (Fsp3) is 0.176. The number of carbonyl (C=O) groups is 2. The molecule has 4 rings (SSSR count). The number of nitrogens with one attached hydrogen (secondary N) is 2. The number of aromatic amines is 1. The van der Waals surface area contributed by atoms with Crippen molar-refractivity contribution < 1.29 is 14.3 Å². The topological polar surface area (TPSA) is 100 Å². The Kier molecular flexibility index (Phi) is 3.77. The zero-order valence-corrected chi connectivity index (χ0v) is 13.2. The summed E-state index contributed by atoms with van der Waals surface area (Å²) < 4.78 is 4.95. The summed E-state index contributed by atoms with van der Waals surface area (Å²) in [7, 11) is 0. The van der Waals surface area contributed by atoms with Gasteiger partial charge in [0.25, 0.3) is 5.91 Å². The summed E-state index contributed by atoms with van der Waals surface area (Å²) in [4.78, 5) is 36.8. The molecule has 126 valence electrons. The Hall–Kier alpha value is -3.42. The second kappa shape index (κ2) is 6.23. The van der Waals surface area contributed by atoms with Gasteiger partial charge in [0.1, 0.15) is 12.1 Å². The molecule has 0 spiro atoms. The molecule has 2 aromatic heterocycles. The maximum Gasteiger partial charge on any atom is 0.414 e. The first-order valence-electron chi connectivity index (χ1n) is 7.81. The maximum atomic E-state index is 12.4. The van der Waals surface area contributed by atoms with Crippen LogP contribution in [0.1, 0.15) is 15.9 Å². The Morgan fingerprint density at radius 1 is 1.36 bits per heavy atom. The number of pyridine rings is 1. The van der Waals surface area contributed by atoms with Crippen LogP contribution in [0, 0.1) is 0 Å². The van der Waals surface area contributed by atoms with Crippen molar-refractivity contribution in [2.75, 3.05) is 18.1 Å². The Morgan fingerprint density at radius 3 is 3.12 bits per heavy atom. The molecule has 2 N–H and O–H groups in total. The molecule has 0 aliphatic carbocycles. The standard InChI is InChI=1S/C17H15N5O3/c23-16(13-8-18-9-14-15(13)21-10-20-14)19-7-11-2-1-3-12(6-11)22-4-5-25-17(22)24/h1-3,6,8-10H,4-5,7H2,(H,19,23)(H,20,21). The van der Waals surface area contributed by atoms with Crippen LogP contribution in [0.25, 0.3) is 11.0 Å². The van der Waals surface area contributed by atoms with E-state index in [-0.39, 0.29) is 12.0 Å². The molecule has 3 heterocycles. The number of carbonyl (C=O) groups excluding carboxylic acids is 2. The normalized spacial score (nSPS) is 13.9. The van der Waals surface area contributed by atoms with Gasteiger partial charge < -0.3 is 15.0 Å². The third kappa shape index (κ3) is 2.89. The van der Waals surface area contributed by atoms with Crippen molar-refractivity contribution in [3.8, 4) is 0 Å². The second-order valence-electron chi connectivity index (χ2n) is 5.60. The van der Waals surface area contributed by atoms with Crippen LogP contribution in [0.4, 0.5) is 10.5 Å². The maximum absolute atomic E-state index is 12.4. The molecule has 1 aliphatic heterocycles. The molecule has 0 saturated carbocycles. The van der Waals surface area contributed by atoms with Crippen LogP contribution in [-0.2, 0) is 11.3 Å². The molecule has 3 aromatic rings. The van der Waals surface area contributed by atoms with Crippen LogP contribution >= 0.6 is 0 Å². The van der Waals surface area contributed by atoms with E-state index in [0.29, 0.717) is 36.3 Å². The van der Waals surface area contributed by atoms with Gasteiger partial charge in [-0.15, -0.1) is 0 Å². The summed E-state index contributed by atoms with van der Waals surface area (Å²) in [6.07, 6.45) is 4.30. The Labute approximate surface area is 142 Å². The lowest BCUT2D eigenvalue weighted by Crippen LogP contribution is -2.25. The summed E-state index contributed by atoms with van der Waals surface area (Å²) in [6, 6.07) is 7.43. The average molecular weight is 337 g/mol. The van der Waals surface area contributed by atoms with E-state index < -0.39 is 0 Å². The quantitative estimate of drug-likeness (QED) is 0.757. The fourth-order valence-electron chi connectivity index (χ4n) is 2.77. The van der Waals surface area contributed by atoms with Crippen LogP contribution in [0.2, 0.25) is 0 Å². The van der Waals surface area contributed by atoms with Crippen molar-refractivity contribution in [3.05, 3.63) is 54.1 Å². The molecule has 1 fully saturated rings. The van der Waals surface area contributed by atoms with Gasteiger partial charge in [-0.25, -0.2) is 9.78 Å². The van der Waals surface area contributed by atoms with Gasteiger partial charge in [-0.05, 0) is 17.7 Å². The zero-order valence-electron chi connectivity index (χ0n) is 13.2. The number of aromatic nitrogens is 3. The van der Waals surface area contributed by atoms with E-state index in [1.807, 2.05) is 24.3 Å². The first-order chi connectivity index (χ1) is 12.2. The highest BCUT2D eigenvalue weighted by Crippen LogP contribution is 2.20. The lowest BCUT2D eigenvalue weighted by Gasteiger charge is -2.14. The number of benzene rings is 1. The third-order valence-electron chi connectivity index (χ3n) is 4.01. The van der Waals surface area contributed by atoms with Crippen molar-refractivity contribution in [2.45, 2.75) is 6.54 Å². The number of amides is 2. The molecule has 2 amide bonds. The molecule has 1 saturated heterocycles. The predicted molar refractivity (Wildman–Crippen MR) is 90.2 cm³/mol. The Morgan fingerprint density at radius 2 is 2.28 bits per heavy atom. The number of imidazole rings is 1. The molecular formula is C17H15N5O3. The molecule has 25 heavy (non-hydrogen) atoms. The SMILES string of the molecule is O=C(NCc1cccc(N2CCOC2=O)c1)c1cncc2[nH]cnc12. The van der Waals surface area contributed by atoms with Gasteiger partial charge in [-0.2, -0.15) is 0 Å². The minimum absolute atomic E-state index is 0.254. The minimum Gasteiger partial charge on any atom is -0.447 e. The van der Waals surface area contributed by atoms with Crippen LogP contribution in [-0.4, -0.2) is 40.1 Å². The van der Waals surface area contributed by atoms with Gasteiger partial charge in [0.05, 0.1) is 30.1 Å². The average Bonchev–Trinajstić information content (AvgIpc) is 3.28. The first-order valence-corrected chi connectivity index (χ1v) is 7.81. The summed E-state index contributed by atoms with van der Waals surface area (Å²) >= 11 is 0. The predicted octanol–water partition coefficient (Wildman–Crippen LogP) is 1.84. The molecule has 0 atom stereocenters. The van der Waals surface area contributed by atoms with Crippen molar-refractivity contribution >= 4 is 28.7 Å². The van der Waals surface area contributed by atoms with Gasteiger partial charge in [0, 0.05) is 18.4 Å². The second-order valence-corrected chi connectivity index (χ2v) is 5.60. The van der Waals surface area contributed by atoms with Crippen molar-refractivity contribution in [2.24, 2.45) is 0 Å². The molecule has 1 aromatic carbocycles. The number of nitrogens with zero attached hydrogens (tertiary/aromatic N) is 3. The number of fused-ring (bicyclic) bond motifs is 1. The van der Waals surface area contributed by atoms with E-state index in [0.717, 1.165) is 11.3 Å². The number of hydrogen-bond acceptors (Lipinski definition) is 5. The Bertz CT molecular complexity index is 952. The molecule has 0 radical (unpaired) electrons. The molecule has 8 heteroatoms. The highest BCUT2D eigenvalue weighted by atomic mass is 16.6. The molecule has 0 unspecified atom stereocenters. The fourth-order valence-corrected chi connectivity index (χ4v) is 2.77. The van der Waals surface area contributed by atoms with Gasteiger partial charge in [0.2, 0.25) is 0 Å². The minimum atomic E-state index is -0.350. The highest BCUT2D eigenvalue weighted by molar-refractivity contribution is 6.04. The van der Waals surface area contributed by atoms with Gasteiger partial charge in [0.15, 0.2) is 0 Å². The Balaban J connectivity index is 1.49. The lowest BCUT2D eigenvalue weighted by atomic mass is 10.1. The van der Waals surface area contributed by atoms with Crippen molar-refractivity contribution in [3.63, 3.8) is 0 Å². The lowest BCUT2D eigenvalue weighted by molar-refractivity contribution is 0.0952. The van der Waals surface area contributed by atoms with E-state index in [1.54, 1.807) is 11.1 Å². The van der Waals surface area contributed by atoms with E-state index >= 15 is 0 Å². The number of rotatable bonds is 4. The largest absolute Gasteiger partial charge is 0.447 e. The van der Waals surface area contributed by atoms with E-state index in [9.17, 15) is 9.59 Å². The van der Waals surface area contributed by atoms with E-state index in [1.165, 1.54) is 12.5 Å². The number of ether oxygens (including phenoxy) is 1. The third-order valence-corrected chi connectivity index (χ3v) is 4.01. The first kappa shape index (κ1) is 15.1. The van der Waals surface area contributed by atoms with Gasteiger partial charge in [-0.1, -0.05) is 12.1 Å². The highest BCUT2D eigenvalue weighted by Gasteiger charge is 2.23. The monoisotopic (exact) mass is 337 g/mol. The molecule has 0 bridgehead atoms. The summed E-state index contributed by atoms with van der Waals surface area (Å²) in [6.45, 7) is 1.25. The number of hydrogen-bond donors (Lipinski definition) is 2. The molecular weight excluding hydrogens is 322 g/mol. The number of anilines is 1. The van der Waals surface area contributed by atoms with Crippen molar-refractivity contribution in [1.29, 1.82) is 0 Å².